The van der Waals surface area contributed by atoms with Gasteiger partial charge in [0.25, 0.3) is 0 Å². The molecule has 2 saturated heterocycles. The molecule has 1 atom stereocenters. The first kappa shape index (κ1) is 23.0. The molecule has 0 aromatic rings. The fraction of sp³-hybridized carbons (Fsp3) is 0.941. The molecule has 0 radical (unpaired) electrons. The summed E-state index contributed by atoms with van der Waals surface area (Å²) in [5, 5.41) is 6.51. The van der Waals surface area contributed by atoms with E-state index >= 15 is 0 Å². The van der Waals surface area contributed by atoms with Crippen molar-refractivity contribution in [3.05, 3.63) is 0 Å². The molecular weight excluding hydrogens is 333 g/mol. The van der Waals surface area contributed by atoms with Crippen molar-refractivity contribution in [2.45, 2.75) is 58.4 Å². The predicted molar refractivity (Wildman–Crippen MR) is 102 cm³/mol. The maximum Gasteiger partial charge on any atom is 0.220 e. The van der Waals surface area contributed by atoms with Crippen molar-refractivity contribution < 1.29 is 4.79 Å². The van der Waals surface area contributed by atoms with Crippen LogP contribution in [0.25, 0.3) is 0 Å². The smallest absolute Gasteiger partial charge is 0.220 e. The van der Waals surface area contributed by atoms with Gasteiger partial charge < -0.3 is 10.6 Å². The number of carbonyl (C=O) groups is 1. The second-order valence-electron chi connectivity index (χ2n) is 7.10. The van der Waals surface area contributed by atoms with Crippen molar-refractivity contribution in [1.29, 1.82) is 0 Å². The Morgan fingerprint density at radius 3 is 2.39 bits per heavy atom. The number of hydrogen-bond donors (Lipinski definition) is 2. The number of nitrogens with zero attached hydrogens (tertiary/aromatic N) is 1. The highest BCUT2D eigenvalue weighted by Gasteiger charge is 2.20. The molecule has 0 spiro atoms. The zero-order valence-corrected chi connectivity index (χ0v) is 16.3. The Hall–Kier alpha value is -0.0300. The minimum Gasteiger partial charge on any atom is -0.355 e. The van der Waals surface area contributed by atoms with Gasteiger partial charge in [0.2, 0.25) is 5.91 Å². The molecule has 2 fully saturated rings. The van der Waals surface area contributed by atoms with E-state index in [9.17, 15) is 4.79 Å². The molecule has 4 nitrogen and oxygen atoms in total. The summed E-state index contributed by atoms with van der Waals surface area (Å²) in [6.07, 6.45) is 6.82. The Morgan fingerprint density at radius 2 is 1.78 bits per heavy atom. The molecule has 1 amide bonds. The zero-order chi connectivity index (χ0) is 15.1. The minimum atomic E-state index is 0. The van der Waals surface area contributed by atoms with Crippen LogP contribution in [0.15, 0.2) is 0 Å². The monoisotopic (exact) mass is 367 g/mol. The van der Waals surface area contributed by atoms with Gasteiger partial charge in [0.05, 0.1) is 0 Å². The van der Waals surface area contributed by atoms with Gasteiger partial charge in [-0.25, -0.2) is 0 Å². The molecule has 0 bridgehead atoms. The lowest BCUT2D eigenvalue weighted by molar-refractivity contribution is -0.121. The number of hydrogen-bond acceptors (Lipinski definition) is 3. The summed E-state index contributed by atoms with van der Waals surface area (Å²) in [4.78, 5) is 14.5. The fourth-order valence-corrected chi connectivity index (χ4v) is 3.45. The lowest BCUT2D eigenvalue weighted by Gasteiger charge is -2.35. The fourth-order valence-electron chi connectivity index (χ4n) is 3.45. The largest absolute Gasteiger partial charge is 0.355 e. The molecule has 0 saturated carbocycles. The van der Waals surface area contributed by atoms with Gasteiger partial charge in [-0.2, -0.15) is 0 Å². The number of likely N-dealkylation sites (tertiary alicyclic amines) is 1. The molecule has 2 N–H and O–H groups in total. The Kier molecular flexibility index (Phi) is 12.3. The number of rotatable bonds is 6. The van der Waals surface area contributed by atoms with Crippen molar-refractivity contribution in [3.8, 4) is 0 Å². The Balaban J connectivity index is 0.00000242. The average molecular weight is 368 g/mol. The first-order valence-corrected chi connectivity index (χ1v) is 8.86. The number of halogens is 2. The van der Waals surface area contributed by atoms with Crippen LogP contribution in [0, 0.1) is 11.8 Å². The van der Waals surface area contributed by atoms with Gasteiger partial charge in [0, 0.05) is 19.0 Å². The molecule has 0 aromatic heterocycles. The zero-order valence-electron chi connectivity index (χ0n) is 14.7. The highest BCUT2D eigenvalue weighted by Crippen LogP contribution is 2.18. The summed E-state index contributed by atoms with van der Waals surface area (Å²) in [5.74, 6) is 1.86. The van der Waals surface area contributed by atoms with Crippen LogP contribution in [0.3, 0.4) is 0 Å². The van der Waals surface area contributed by atoms with Gasteiger partial charge >= 0.3 is 0 Å². The van der Waals surface area contributed by atoms with Gasteiger partial charge in [-0.05, 0) is 77.0 Å². The van der Waals surface area contributed by atoms with Crippen molar-refractivity contribution in [3.63, 3.8) is 0 Å². The van der Waals surface area contributed by atoms with Gasteiger partial charge in [0.1, 0.15) is 0 Å². The third kappa shape index (κ3) is 8.57. The van der Waals surface area contributed by atoms with E-state index in [1.165, 1.54) is 38.8 Å². The van der Waals surface area contributed by atoms with E-state index in [-0.39, 0.29) is 30.7 Å². The summed E-state index contributed by atoms with van der Waals surface area (Å²) < 4.78 is 0. The second-order valence-corrected chi connectivity index (χ2v) is 7.10. The van der Waals surface area contributed by atoms with Gasteiger partial charge in [-0.1, -0.05) is 6.92 Å². The summed E-state index contributed by atoms with van der Waals surface area (Å²) >= 11 is 0. The normalized spacial score (nSPS) is 21.8. The Labute approximate surface area is 154 Å². The summed E-state index contributed by atoms with van der Waals surface area (Å²) in [6.45, 7) is 10.0. The molecule has 2 aliphatic heterocycles. The maximum atomic E-state index is 12.0. The van der Waals surface area contributed by atoms with Crippen molar-refractivity contribution in [1.82, 2.24) is 15.5 Å². The first-order chi connectivity index (χ1) is 10.1. The molecular formula is C17H35Cl2N3O. The van der Waals surface area contributed by atoms with Crippen LogP contribution in [0.1, 0.15) is 52.4 Å². The van der Waals surface area contributed by atoms with Crippen LogP contribution in [-0.4, -0.2) is 49.6 Å². The van der Waals surface area contributed by atoms with Crippen LogP contribution in [0.4, 0.5) is 0 Å². The topological polar surface area (TPSA) is 44.4 Å². The SMILES string of the molecule is CC1CCN(C(C)CNC(=O)CCC2CCNCC2)CC1.Cl.Cl. The first-order valence-electron chi connectivity index (χ1n) is 8.86. The molecule has 2 rings (SSSR count). The third-order valence-electron chi connectivity index (χ3n) is 5.27. The summed E-state index contributed by atoms with van der Waals surface area (Å²) in [5.41, 5.74) is 0. The molecule has 6 heteroatoms. The highest BCUT2D eigenvalue weighted by atomic mass is 35.5. The number of carbonyl (C=O) groups excluding carboxylic acids is 1. The molecule has 0 aromatic carbocycles. The van der Waals surface area contributed by atoms with Crippen molar-refractivity contribution in [2.24, 2.45) is 11.8 Å². The minimum absolute atomic E-state index is 0. The van der Waals surface area contributed by atoms with E-state index in [0.717, 1.165) is 37.9 Å². The number of nitrogens with one attached hydrogen (secondary N) is 2. The molecule has 138 valence electrons. The lowest BCUT2D eigenvalue weighted by Crippen LogP contribution is -2.45. The van der Waals surface area contributed by atoms with E-state index in [1.807, 2.05) is 0 Å². The standard InChI is InChI=1S/C17H33N3O.2ClH/c1-14-7-11-20(12-8-14)15(2)13-19-17(21)4-3-16-5-9-18-10-6-16;;/h14-16,18H,3-13H2,1-2H3,(H,19,21);2*1H. The summed E-state index contributed by atoms with van der Waals surface area (Å²) in [6, 6.07) is 0.473. The van der Waals surface area contributed by atoms with Crippen molar-refractivity contribution in [2.75, 3.05) is 32.7 Å². The van der Waals surface area contributed by atoms with Gasteiger partial charge in [-0.15, -0.1) is 24.8 Å². The second kappa shape index (κ2) is 12.3. The molecule has 2 heterocycles. The highest BCUT2D eigenvalue weighted by molar-refractivity contribution is 5.85. The van der Waals surface area contributed by atoms with Gasteiger partial charge in [0.15, 0.2) is 0 Å². The van der Waals surface area contributed by atoms with Crippen LogP contribution in [0.2, 0.25) is 0 Å². The van der Waals surface area contributed by atoms with E-state index < -0.39 is 0 Å². The van der Waals surface area contributed by atoms with E-state index in [2.05, 4.69) is 29.4 Å². The molecule has 2 aliphatic rings. The van der Waals surface area contributed by atoms with Crippen LogP contribution >= 0.6 is 24.8 Å². The Morgan fingerprint density at radius 1 is 1.17 bits per heavy atom. The van der Waals surface area contributed by atoms with Gasteiger partial charge in [-0.3, -0.25) is 9.69 Å². The predicted octanol–water partition coefficient (Wildman–Crippen LogP) is 2.85. The third-order valence-corrected chi connectivity index (χ3v) is 5.27. The van der Waals surface area contributed by atoms with Crippen LogP contribution < -0.4 is 10.6 Å². The van der Waals surface area contributed by atoms with Crippen molar-refractivity contribution >= 4 is 30.7 Å². The van der Waals surface area contributed by atoms with Crippen LogP contribution in [0.5, 0.6) is 0 Å². The average Bonchev–Trinajstić information content (AvgIpc) is 2.52. The van der Waals surface area contributed by atoms with E-state index in [0.29, 0.717) is 12.5 Å². The molecule has 23 heavy (non-hydrogen) atoms. The van der Waals surface area contributed by atoms with E-state index in [1.54, 1.807) is 0 Å². The van der Waals surface area contributed by atoms with Crippen LogP contribution in [-0.2, 0) is 4.79 Å². The lowest BCUT2D eigenvalue weighted by atomic mass is 9.93. The summed E-state index contributed by atoms with van der Waals surface area (Å²) in [7, 11) is 0. The maximum absolute atomic E-state index is 12.0. The molecule has 1 unspecified atom stereocenters. The number of piperidine rings is 2. The molecule has 0 aliphatic carbocycles. The number of amides is 1. The van der Waals surface area contributed by atoms with E-state index in [4.69, 9.17) is 0 Å². The Bertz CT molecular complexity index is 317. The quantitative estimate of drug-likeness (QED) is 0.758.